The van der Waals surface area contributed by atoms with Gasteiger partial charge in [0, 0.05) is 29.6 Å². The van der Waals surface area contributed by atoms with Crippen molar-refractivity contribution >= 4 is 46.0 Å². The second kappa shape index (κ2) is 10.5. The van der Waals surface area contributed by atoms with E-state index in [4.69, 9.17) is 16.3 Å². The van der Waals surface area contributed by atoms with E-state index in [1.807, 2.05) is 12.1 Å². The Bertz CT molecular complexity index is 1050. The minimum Gasteiger partial charge on any atom is -0.497 e. The van der Waals surface area contributed by atoms with Crippen LogP contribution in [-0.4, -0.2) is 35.7 Å². The minimum atomic E-state index is -0.307. The van der Waals surface area contributed by atoms with Crippen molar-refractivity contribution in [2.75, 3.05) is 19.0 Å². The fourth-order valence-electron chi connectivity index (χ4n) is 2.45. The first-order valence-electron chi connectivity index (χ1n) is 9.03. The van der Waals surface area contributed by atoms with Crippen LogP contribution in [-0.2, 0) is 11.2 Å². The van der Waals surface area contributed by atoms with E-state index in [-0.39, 0.29) is 11.8 Å². The van der Waals surface area contributed by atoms with Crippen molar-refractivity contribution in [3.8, 4) is 5.75 Å². The third-order valence-corrected chi connectivity index (χ3v) is 5.10. The van der Waals surface area contributed by atoms with Gasteiger partial charge < -0.3 is 10.1 Å². The van der Waals surface area contributed by atoms with Crippen LogP contribution in [0, 0.1) is 0 Å². The van der Waals surface area contributed by atoms with Gasteiger partial charge in [-0.2, -0.15) is 0 Å². The number of anilines is 1. The zero-order valence-corrected chi connectivity index (χ0v) is 17.7. The fourth-order valence-corrected chi connectivity index (χ4v) is 3.32. The molecule has 0 atom stereocenters. The molecule has 0 aliphatic heterocycles. The number of carbonyl (C=O) groups excluding carboxylic acids is 2. The van der Waals surface area contributed by atoms with E-state index in [9.17, 15) is 9.59 Å². The van der Waals surface area contributed by atoms with Gasteiger partial charge in [0.1, 0.15) is 10.8 Å². The first-order chi connectivity index (χ1) is 14.5. The molecular formula is C21H19ClN4O3S. The van der Waals surface area contributed by atoms with E-state index in [1.54, 1.807) is 49.6 Å². The summed E-state index contributed by atoms with van der Waals surface area (Å²) in [6.45, 7) is 0.398. The molecule has 2 aromatic carbocycles. The molecule has 9 heteroatoms. The number of nitrogens with one attached hydrogen (secondary N) is 2. The Morgan fingerprint density at radius 2 is 1.97 bits per heavy atom. The van der Waals surface area contributed by atoms with Crippen molar-refractivity contribution in [3.63, 3.8) is 0 Å². The van der Waals surface area contributed by atoms with Crippen LogP contribution in [0.2, 0.25) is 5.02 Å². The van der Waals surface area contributed by atoms with E-state index in [1.165, 1.54) is 17.4 Å². The summed E-state index contributed by atoms with van der Waals surface area (Å²) in [6, 6.07) is 14.1. The molecule has 0 radical (unpaired) electrons. The smallest absolute Gasteiger partial charge is 0.251 e. The van der Waals surface area contributed by atoms with Crippen molar-refractivity contribution in [2.24, 2.45) is 0 Å². The van der Waals surface area contributed by atoms with Crippen molar-refractivity contribution in [1.29, 1.82) is 0 Å². The highest BCUT2D eigenvalue weighted by Crippen LogP contribution is 2.16. The molecule has 0 saturated carbocycles. The maximum absolute atomic E-state index is 12.2. The number of nitrogens with zero attached hydrogens (tertiary/aromatic N) is 2. The third-order valence-electron chi connectivity index (χ3n) is 3.95. The van der Waals surface area contributed by atoms with Gasteiger partial charge in [0.05, 0.1) is 7.11 Å². The zero-order chi connectivity index (χ0) is 21.3. The van der Waals surface area contributed by atoms with Gasteiger partial charge in [0.25, 0.3) is 5.91 Å². The van der Waals surface area contributed by atoms with E-state index < -0.39 is 0 Å². The number of hydrogen-bond acceptors (Lipinski definition) is 6. The van der Waals surface area contributed by atoms with Gasteiger partial charge in [-0.1, -0.05) is 41.1 Å². The predicted octanol–water partition coefficient (Wildman–Crippen LogP) is 3.82. The van der Waals surface area contributed by atoms with Gasteiger partial charge in [-0.25, -0.2) is 0 Å². The molecular weight excluding hydrogens is 424 g/mol. The number of carbonyl (C=O) groups is 2. The third kappa shape index (κ3) is 6.40. The van der Waals surface area contributed by atoms with E-state index >= 15 is 0 Å². The average molecular weight is 443 g/mol. The molecule has 0 aliphatic carbocycles. The molecule has 0 fully saturated rings. The molecule has 154 valence electrons. The molecule has 0 saturated heterocycles. The SMILES string of the molecule is COc1cccc(C(=O)NCCc2nnc(NC(=O)/C=C/c3ccc(Cl)cc3)s2)c1. The lowest BCUT2D eigenvalue weighted by molar-refractivity contribution is -0.111. The second-order valence-electron chi connectivity index (χ2n) is 6.11. The molecule has 30 heavy (non-hydrogen) atoms. The lowest BCUT2D eigenvalue weighted by Crippen LogP contribution is -2.25. The number of rotatable bonds is 8. The Labute approximate surface area is 182 Å². The van der Waals surface area contributed by atoms with Crippen LogP contribution < -0.4 is 15.4 Å². The number of hydrogen-bond donors (Lipinski definition) is 2. The maximum Gasteiger partial charge on any atom is 0.251 e. The van der Waals surface area contributed by atoms with Gasteiger partial charge in [-0.15, -0.1) is 10.2 Å². The second-order valence-corrected chi connectivity index (χ2v) is 7.61. The lowest BCUT2D eigenvalue weighted by atomic mass is 10.2. The van der Waals surface area contributed by atoms with Gasteiger partial charge in [-0.05, 0) is 42.0 Å². The molecule has 3 aromatic rings. The Hall–Kier alpha value is -3.23. The Balaban J connectivity index is 1.46. The summed E-state index contributed by atoms with van der Waals surface area (Å²) in [5.41, 5.74) is 1.38. The number of ether oxygens (including phenoxy) is 1. The van der Waals surface area contributed by atoms with Crippen LogP contribution in [0.1, 0.15) is 20.9 Å². The highest BCUT2D eigenvalue weighted by Gasteiger charge is 2.09. The standard InChI is InChI=1S/C21H19ClN4O3S/c1-29-17-4-2-3-15(13-17)20(28)23-12-11-19-25-26-21(30-19)24-18(27)10-7-14-5-8-16(22)9-6-14/h2-10,13H,11-12H2,1H3,(H,23,28)(H,24,26,27)/b10-7+. The molecule has 2 N–H and O–H groups in total. The highest BCUT2D eigenvalue weighted by molar-refractivity contribution is 7.15. The molecule has 0 unspecified atom stereocenters. The molecule has 2 amide bonds. The minimum absolute atomic E-state index is 0.195. The van der Waals surface area contributed by atoms with Crippen LogP contribution in [0.4, 0.5) is 5.13 Å². The summed E-state index contributed by atoms with van der Waals surface area (Å²) in [4.78, 5) is 24.2. The Morgan fingerprint density at radius 3 is 2.73 bits per heavy atom. The van der Waals surface area contributed by atoms with E-state index in [0.717, 1.165) is 5.56 Å². The summed E-state index contributed by atoms with van der Waals surface area (Å²) in [6.07, 6.45) is 3.60. The van der Waals surface area contributed by atoms with Crippen LogP contribution in [0.25, 0.3) is 6.08 Å². The molecule has 1 heterocycles. The molecule has 3 rings (SSSR count). The summed E-state index contributed by atoms with van der Waals surface area (Å²) in [5.74, 6) is 0.121. The quantitative estimate of drug-likeness (QED) is 0.517. The maximum atomic E-state index is 12.2. The summed E-state index contributed by atoms with van der Waals surface area (Å²) in [7, 11) is 1.55. The molecule has 0 spiro atoms. The first-order valence-corrected chi connectivity index (χ1v) is 10.2. The van der Waals surface area contributed by atoms with Crippen molar-refractivity contribution in [2.45, 2.75) is 6.42 Å². The van der Waals surface area contributed by atoms with Crippen LogP contribution in [0.15, 0.2) is 54.6 Å². The van der Waals surface area contributed by atoms with Gasteiger partial charge in [-0.3, -0.25) is 14.9 Å². The van der Waals surface area contributed by atoms with Crippen LogP contribution in [0.5, 0.6) is 5.75 Å². The molecule has 7 nitrogen and oxygen atoms in total. The predicted molar refractivity (Wildman–Crippen MR) is 118 cm³/mol. The van der Waals surface area contributed by atoms with Crippen molar-refractivity contribution in [3.05, 3.63) is 75.8 Å². The topological polar surface area (TPSA) is 93.2 Å². The number of amides is 2. The van der Waals surface area contributed by atoms with Crippen LogP contribution >= 0.6 is 22.9 Å². The number of aromatic nitrogens is 2. The zero-order valence-electron chi connectivity index (χ0n) is 16.1. The first kappa shape index (κ1) is 21.5. The highest BCUT2D eigenvalue weighted by atomic mass is 35.5. The molecule has 0 aliphatic rings. The Kier molecular flexibility index (Phi) is 7.53. The van der Waals surface area contributed by atoms with Crippen molar-refractivity contribution in [1.82, 2.24) is 15.5 Å². The summed E-state index contributed by atoms with van der Waals surface area (Å²) >= 11 is 7.10. The Morgan fingerprint density at radius 1 is 1.17 bits per heavy atom. The number of benzene rings is 2. The van der Waals surface area contributed by atoms with Gasteiger partial charge >= 0.3 is 0 Å². The summed E-state index contributed by atoms with van der Waals surface area (Å²) in [5, 5.41) is 15.2. The van der Waals surface area contributed by atoms with E-state index in [0.29, 0.717) is 39.4 Å². The summed E-state index contributed by atoms with van der Waals surface area (Å²) < 4.78 is 5.12. The average Bonchev–Trinajstić information content (AvgIpc) is 3.20. The monoisotopic (exact) mass is 442 g/mol. The number of halogens is 1. The normalized spacial score (nSPS) is 10.7. The fraction of sp³-hybridized carbons (Fsp3) is 0.143. The van der Waals surface area contributed by atoms with Gasteiger partial charge in [0.15, 0.2) is 0 Å². The molecule has 0 bridgehead atoms. The number of methoxy groups -OCH3 is 1. The van der Waals surface area contributed by atoms with Gasteiger partial charge in [0.2, 0.25) is 11.0 Å². The van der Waals surface area contributed by atoms with E-state index in [2.05, 4.69) is 20.8 Å². The van der Waals surface area contributed by atoms with Crippen molar-refractivity contribution < 1.29 is 14.3 Å². The van der Waals surface area contributed by atoms with Crippen LogP contribution in [0.3, 0.4) is 0 Å². The molecule has 1 aromatic heterocycles. The largest absolute Gasteiger partial charge is 0.497 e. The lowest BCUT2D eigenvalue weighted by Gasteiger charge is -2.05.